The van der Waals surface area contributed by atoms with Crippen molar-refractivity contribution in [1.29, 1.82) is 5.26 Å². The molecular formula is C12H14BrN3O2. The van der Waals surface area contributed by atoms with Gasteiger partial charge in [0.15, 0.2) is 0 Å². The Morgan fingerprint density at radius 3 is 2.83 bits per heavy atom. The van der Waals surface area contributed by atoms with Crippen molar-refractivity contribution in [2.24, 2.45) is 5.92 Å². The highest BCUT2D eigenvalue weighted by atomic mass is 79.9. The number of aliphatic carboxylic acids is 1. The van der Waals surface area contributed by atoms with Gasteiger partial charge in [-0.05, 0) is 34.3 Å². The van der Waals surface area contributed by atoms with Gasteiger partial charge in [0.25, 0.3) is 0 Å². The molecule has 1 rings (SSSR count). The SMILES string of the molecule is CC(C)C[C@H](Nc1ncc(Br)cc1C#N)C(=O)O. The van der Waals surface area contributed by atoms with Crippen molar-refractivity contribution >= 4 is 27.7 Å². The molecule has 0 aliphatic rings. The summed E-state index contributed by atoms with van der Waals surface area (Å²) in [5.74, 6) is -0.411. The first-order valence-corrected chi connectivity index (χ1v) is 6.28. The van der Waals surface area contributed by atoms with Gasteiger partial charge in [-0.1, -0.05) is 13.8 Å². The molecule has 0 spiro atoms. The maximum absolute atomic E-state index is 11.1. The van der Waals surface area contributed by atoms with Gasteiger partial charge < -0.3 is 10.4 Å². The van der Waals surface area contributed by atoms with E-state index in [1.807, 2.05) is 19.9 Å². The van der Waals surface area contributed by atoms with Crippen LogP contribution in [0.3, 0.4) is 0 Å². The highest BCUT2D eigenvalue weighted by Gasteiger charge is 2.20. The van der Waals surface area contributed by atoms with Crippen molar-refractivity contribution in [2.45, 2.75) is 26.3 Å². The predicted molar refractivity (Wildman–Crippen MR) is 71.2 cm³/mol. The van der Waals surface area contributed by atoms with Crippen LogP contribution in [0.15, 0.2) is 16.7 Å². The van der Waals surface area contributed by atoms with E-state index in [1.54, 1.807) is 6.07 Å². The molecule has 0 unspecified atom stereocenters. The summed E-state index contributed by atoms with van der Waals surface area (Å²) in [6.45, 7) is 3.88. The van der Waals surface area contributed by atoms with Crippen LogP contribution >= 0.6 is 15.9 Å². The molecule has 0 saturated heterocycles. The molecule has 0 amide bonds. The maximum Gasteiger partial charge on any atom is 0.326 e. The third kappa shape index (κ3) is 4.00. The normalized spacial score (nSPS) is 11.9. The topological polar surface area (TPSA) is 86.0 Å². The number of nitrogens with zero attached hydrogens (tertiary/aromatic N) is 2. The van der Waals surface area contributed by atoms with Crippen LogP contribution < -0.4 is 5.32 Å². The Morgan fingerprint density at radius 1 is 1.67 bits per heavy atom. The number of rotatable bonds is 5. The van der Waals surface area contributed by atoms with E-state index in [1.165, 1.54) is 6.20 Å². The van der Waals surface area contributed by atoms with Crippen LogP contribution in [0.1, 0.15) is 25.8 Å². The van der Waals surface area contributed by atoms with Crippen molar-refractivity contribution in [2.75, 3.05) is 5.32 Å². The van der Waals surface area contributed by atoms with Crippen LogP contribution in [-0.4, -0.2) is 22.1 Å². The van der Waals surface area contributed by atoms with E-state index in [4.69, 9.17) is 10.4 Å². The molecule has 1 aromatic rings. The monoisotopic (exact) mass is 311 g/mol. The van der Waals surface area contributed by atoms with E-state index in [0.29, 0.717) is 22.3 Å². The van der Waals surface area contributed by atoms with Gasteiger partial charge in [-0.15, -0.1) is 0 Å². The van der Waals surface area contributed by atoms with Crippen LogP contribution in [0.4, 0.5) is 5.82 Å². The lowest BCUT2D eigenvalue weighted by Crippen LogP contribution is -2.31. The molecule has 96 valence electrons. The summed E-state index contributed by atoms with van der Waals surface area (Å²) >= 11 is 3.21. The molecule has 6 heteroatoms. The average Bonchev–Trinajstić information content (AvgIpc) is 2.29. The second-order valence-corrected chi connectivity index (χ2v) is 5.24. The molecule has 1 atom stereocenters. The minimum absolute atomic E-state index is 0.236. The fourth-order valence-electron chi connectivity index (χ4n) is 1.50. The Labute approximate surface area is 114 Å². The summed E-state index contributed by atoms with van der Waals surface area (Å²) in [7, 11) is 0. The number of pyridine rings is 1. The highest BCUT2D eigenvalue weighted by Crippen LogP contribution is 2.19. The summed E-state index contributed by atoms with van der Waals surface area (Å²) in [4.78, 5) is 15.2. The number of hydrogen-bond donors (Lipinski definition) is 2. The lowest BCUT2D eigenvalue weighted by Gasteiger charge is -2.17. The number of halogens is 1. The smallest absolute Gasteiger partial charge is 0.326 e. The first-order valence-electron chi connectivity index (χ1n) is 5.49. The molecule has 0 aliphatic carbocycles. The summed E-state index contributed by atoms with van der Waals surface area (Å²) in [6.07, 6.45) is 2.00. The van der Waals surface area contributed by atoms with E-state index in [2.05, 4.69) is 26.2 Å². The van der Waals surface area contributed by atoms with Crippen molar-refractivity contribution in [3.63, 3.8) is 0 Å². The van der Waals surface area contributed by atoms with Gasteiger partial charge in [0.2, 0.25) is 0 Å². The van der Waals surface area contributed by atoms with E-state index in [9.17, 15) is 4.79 Å². The van der Waals surface area contributed by atoms with Gasteiger partial charge in [-0.25, -0.2) is 9.78 Å². The van der Waals surface area contributed by atoms with E-state index in [0.717, 1.165) is 0 Å². The Balaban J connectivity index is 2.94. The quantitative estimate of drug-likeness (QED) is 0.873. The second-order valence-electron chi connectivity index (χ2n) is 4.33. The number of carboxylic acids is 1. The van der Waals surface area contributed by atoms with Crippen molar-refractivity contribution in [3.05, 3.63) is 22.3 Å². The van der Waals surface area contributed by atoms with Gasteiger partial charge in [0.1, 0.15) is 17.9 Å². The maximum atomic E-state index is 11.1. The summed E-state index contributed by atoms with van der Waals surface area (Å²) in [5, 5.41) is 20.9. The fraction of sp³-hybridized carbons (Fsp3) is 0.417. The molecule has 18 heavy (non-hydrogen) atoms. The van der Waals surface area contributed by atoms with Crippen LogP contribution in [0, 0.1) is 17.2 Å². The van der Waals surface area contributed by atoms with Gasteiger partial charge in [0, 0.05) is 10.7 Å². The zero-order valence-electron chi connectivity index (χ0n) is 10.1. The van der Waals surface area contributed by atoms with E-state index < -0.39 is 12.0 Å². The summed E-state index contributed by atoms with van der Waals surface area (Å²) < 4.78 is 0.681. The molecule has 2 N–H and O–H groups in total. The van der Waals surface area contributed by atoms with Crippen molar-refractivity contribution < 1.29 is 9.90 Å². The number of carbonyl (C=O) groups is 1. The number of hydrogen-bond acceptors (Lipinski definition) is 4. The first-order chi connectivity index (χ1) is 8.43. The molecular weight excluding hydrogens is 298 g/mol. The average molecular weight is 312 g/mol. The van der Waals surface area contributed by atoms with E-state index in [-0.39, 0.29) is 5.92 Å². The van der Waals surface area contributed by atoms with Crippen LogP contribution in [0.5, 0.6) is 0 Å². The number of anilines is 1. The largest absolute Gasteiger partial charge is 0.480 e. The molecule has 0 aromatic carbocycles. The van der Waals surface area contributed by atoms with Crippen molar-refractivity contribution in [1.82, 2.24) is 4.98 Å². The number of nitrogens with one attached hydrogen (secondary N) is 1. The lowest BCUT2D eigenvalue weighted by molar-refractivity contribution is -0.138. The van der Waals surface area contributed by atoms with Gasteiger partial charge in [0.05, 0.1) is 5.56 Å². The highest BCUT2D eigenvalue weighted by molar-refractivity contribution is 9.10. The second kappa shape index (κ2) is 6.36. The Hall–Kier alpha value is -1.61. The molecule has 1 heterocycles. The molecule has 0 aliphatic heterocycles. The standard InChI is InChI=1S/C12H14BrN3O2/c1-7(2)3-10(12(17)18)16-11-8(5-14)4-9(13)6-15-11/h4,6-7,10H,3H2,1-2H3,(H,15,16)(H,17,18)/t10-/m0/s1. The van der Waals surface area contributed by atoms with Gasteiger partial charge in [-0.2, -0.15) is 5.26 Å². The number of nitriles is 1. The Bertz CT molecular complexity index is 483. The molecule has 1 aromatic heterocycles. The molecule has 0 fully saturated rings. The third-order valence-corrected chi connectivity index (χ3v) is 2.72. The zero-order chi connectivity index (χ0) is 13.7. The lowest BCUT2D eigenvalue weighted by atomic mass is 10.0. The molecule has 0 radical (unpaired) electrons. The van der Waals surface area contributed by atoms with Crippen LogP contribution in [-0.2, 0) is 4.79 Å². The van der Waals surface area contributed by atoms with E-state index >= 15 is 0 Å². The Morgan fingerprint density at radius 2 is 2.33 bits per heavy atom. The van der Waals surface area contributed by atoms with Crippen LogP contribution in [0.25, 0.3) is 0 Å². The fourth-order valence-corrected chi connectivity index (χ4v) is 1.83. The number of aromatic nitrogens is 1. The minimum atomic E-state index is -0.947. The molecule has 0 saturated carbocycles. The third-order valence-electron chi connectivity index (χ3n) is 2.29. The predicted octanol–water partition coefficient (Wildman–Crippen LogP) is 2.63. The van der Waals surface area contributed by atoms with Gasteiger partial charge >= 0.3 is 5.97 Å². The number of carboxylic acid groups (broad SMARTS) is 1. The molecule has 5 nitrogen and oxygen atoms in total. The van der Waals surface area contributed by atoms with Crippen molar-refractivity contribution in [3.8, 4) is 6.07 Å². The summed E-state index contributed by atoms with van der Waals surface area (Å²) in [6, 6.07) is 2.84. The van der Waals surface area contributed by atoms with Gasteiger partial charge in [-0.3, -0.25) is 0 Å². The summed E-state index contributed by atoms with van der Waals surface area (Å²) in [5.41, 5.74) is 0.319. The Kier molecular flexibility index (Phi) is 5.10. The first kappa shape index (κ1) is 14.5. The minimum Gasteiger partial charge on any atom is -0.480 e. The zero-order valence-corrected chi connectivity index (χ0v) is 11.7. The van der Waals surface area contributed by atoms with Crippen LogP contribution in [0.2, 0.25) is 0 Å². The molecule has 0 bridgehead atoms.